The van der Waals surface area contributed by atoms with Gasteiger partial charge < -0.3 is 10.5 Å². The topological polar surface area (TPSA) is 69.4 Å². The Bertz CT molecular complexity index is 426. The molecule has 0 saturated heterocycles. The molecule has 0 radical (unpaired) electrons. The number of ether oxygens (including phenoxy) is 1. The highest BCUT2D eigenvalue weighted by Gasteiger charge is 2.10. The molecule has 78 valence electrons. The first-order valence-corrected chi connectivity index (χ1v) is 5.95. The maximum Gasteiger partial charge on any atom is 0.175 e. The van der Waals surface area contributed by atoms with Crippen molar-refractivity contribution >= 4 is 9.84 Å². The number of nitrogens with two attached hydrogens (primary N) is 1. The minimum Gasteiger partial charge on any atom is -0.496 e. The lowest BCUT2D eigenvalue weighted by atomic mass is 10.2. The molecule has 14 heavy (non-hydrogen) atoms. The summed E-state index contributed by atoms with van der Waals surface area (Å²) < 4.78 is 27.5. The zero-order valence-corrected chi connectivity index (χ0v) is 8.97. The summed E-state index contributed by atoms with van der Waals surface area (Å²) in [5.41, 5.74) is 6.25. The summed E-state index contributed by atoms with van der Waals surface area (Å²) in [6.45, 7) is 0.327. The molecule has 4 nitrogen and oxygen atoms in total. The van der Waals surface area contributed by atoms with Gasteiger partial charge in [0.2, 0.25) is 0 Å². The Morgan fingerprint density at radius 1 is 1.43 bits per heavy atom. The summed E-state index contributed by atoms with van der Waals surface area (Å²) in [7, 11) is -1.69. The van der Waals surface area contributed by atoms with Gasteiger partial charge in [-0.25, -0.2) is 8.42 Å². The van der Waals surface area contributed by atoms with Gasteiger partial charge in [-0.2, -0.15) is 0 Å². The Labute approximate surface area is 83.6 Å². The molecule has 1 aromatic rings. The van der Waals surface area contributed by atoms with Gasteiger partial charge in [0, 0.05) is 18.4 Å². The lowest BCUT2D eigenvalue weighted by molar-refractivity contribution is 0.408. The average Bonchev–Trinajstić information content (AvgIpc) is 2.15. The monoisotopic (exact) mass is 215 g/mol. The first-order valence-electron chi connectivity index (χ1n) is 4.06. The molecule has 0 aliphatic heterocycles. The molecule has 0 fully saturated rings. The molecule has 0 atom stereocenters. The quantitative estimate of drug-likeness (QED) is 0.799. The Kier molecular flexibility index (Phi) is 3.13. The fraction of sp³-hybridized carbons (Fsp3) is 0.333. The molecule has 1 aromatic carbocycles. The Hall–Kier alpha value is -1.07. The summed E-state index contributed by atoms with van der Waals surface area (Å²) in [5, 5.41) is 0. The van der Waals surface area contributed by atoms with Crippen LogP contribution in [-0.4, -0.2) is 21.8 Å². The van der Waals surface area contributed by atoms with E-state index >= 15 is 0 Å². The fourth-order valence-electron chi connectivity index (χ4n) is 1.12. The van der Waals surface area contributed by atoms with Crippen LogP contribution in [0.25, 0.3) is 0 Å². The van der Waals surface area contributed by atoms with E-state index in [2.05, 4.69) is 0 Å². The molecular weight excluding hydrogens is 202 g/mol. The van der Waals surface area contributed by atoms with E-state index in [1.807, 2.05) is 0 Å². The molecule has 0 aliphatic rings. The normalized spacial score (nSPS) is 11.4. The second kappa shape index (κ2) is 3.98. The number of methoxy groups -OCH3 is 1. The van der Waals surface area contributed by atoms with Crippen LogP contribution in [0.3, 0.4) is 0 Å². The van der Waals surface area contributed by atoms with E-state index in [0.29, 0.717) is 12.3 Å². The van der Waals surface area contributed by atoms with Crippen LogP contribution in [0.2, 0.25) is 0 Å². The largest absolute Gasteiger partial charge is 0.496 e. The van der Waals surface area contributed by atoms with Crippen molar-refractivity contribution in [3.63, 3.8) is 0 Å². The van der Waals surface area contributed by atoms with Crippen molar-refractivity contribution in [2.75, 3.05) is 13.4 Å². The summed E-state index contributed by atoms with van der Waals surface area (Å²) in [6.07, 6.45) is 1.16. The van der Waals surface area contributed by atoms with Gasteiger partial charge in [-0.05, 0) is 12.1 Å². The van der Waals surface area contributed by atoms with Crippen molar-refractivity contribution < 1.29 is 13.2 Å². The Morgan fingerprint density at radius 3 is 2.50 bits per heavy atom. The van der Waals surface area contributed by atoms with Crippen LogP contribution in [0.4, 0.5) is 0 Å². The number of rotatable bonds is 3. The van der Waals surface area contributed by atoms with Gasteiger partial charge in [0.25, 0.3) is 0 Å². The maximum absolute atomic E-state index is 11.2. The molecular formula is C9H13NO3S. The lowest BCUT2D eigenvalue weighted by Crippen LogP contribution is -2.03. The highest BCUT2D eigenvalue weighted by Crippen LogP contribution is 2.22. The first kappa shape index (κ1) is 11.0. The van der Waals surface area contributed by atoms with Gasteiger partial charge in [-0.3, -0.25) is 0 Å². The van der Waals surface area contributed by atoms with Crippen molar-refractivity contribution in [3.05, 3.63) is 23.8 Å². The molecule has 1 rings (SSSR count). The van der Waals surface area contributed by atoms with E-state index in [1.165, 1.54) is 19.2 Å². The zero-order chi connectivity index (χ0) is 10.8. The lowest BCUT2D eigenvalue weighted by Gasteiger charge is -2.07. The van der Waals surface area contributed by atoms with E-state index in [4.69, 9.17) is 10.5 Å². The van der Waals surface area contributed by atoms with Crippen LogP contribution < -0.4 is 10.5 Å². The van der Waals surface area contributed by atoms with Gasteiger partial charge in [-0.15, -0.1) is 0 Å². The highest BCUT2D eigenvalue weighted by molar-refractivity contribution is 7.90. The van der Waals surface area contributed by atoms with Crippen molar-refractivity contribution in [2.24, 2.45) is 5.73 Å². The second-order valence-electron chi connectivity index (χ2n) is 2.95. The first-order chi connectivity index (χ1) is 6.49. The van der Waals surface area contributed by atoms with Crippen LogP contribution in [0.5, 0.6) is 5.75 Å². The van der Waals surface area contributed by atoms with Crippen molar-refractivity contribution in [2.45, 2.75) is 11.4 Å². The van der Waals surface area contributed by atoms with Gasteiger partial charge in [0.15, 0.2) is 9.84 Å². The minimum absolute atomic E-state index is 0.242. The number of hydrogen-bond acceptors (Lipinski definition) is 4. The van der Waals surface area contributed by atoms with E-state index < -0.39 is 9.84 Å². The van der Waals surface area contributed by atoms with E-state index in [-0.39, 0.29) is 4.90 Å². The van der Waals surface area contributed by atoms with Crippen LogP contribution in [0.1, 0.15) is 5.56 Å². The van der Waals surface area contributed by atoms with Gasteiger partial charge >= 0.3 is 0 Å². The molecule has 0 amide bonds. The van der Waals surface area contributed by atoms with Gasteiger partial charge in [0.05, 0.1) is 12.0 Å². The zero-order valence-electron chi connectivity index (χ0n) is 8.15. The third-order valence-corrected chi connectivity index (χ3v) is 3.02. The fourth-order valence-corrected chi connectivity index (χ4v) is 1.76. The second-order valence-corrected chi connectivity index (χ2v) is 4.97. The molecule has 0 aromatic heterocycles. The summed E-state index contributed by atoms with van der Waals surface area (Å²) >= 11 is 0. The molecule has 5 heteroatoms. The molecule has 0 heterocycles. The number of sulfone groups is 1. The molecule has 0 aliphatic carbocycles. The van der Waals surface area contributed by atoms with Crippen LogP contribution in [-0.2, 0) is 16.4 Å². The Balaban J connectivity index is 3.28. The third kappa shape index (κ3) is 2.24. The predicted molar refractivity (Wildman–Crippen MR) is 54.0 cm³/mol. The van der Waals surface area contributed by atoms with Crippen molar-refractivity contribution in [3.8, 4) is 5.75 Å². The third-order valence-electron chi connectivity index (χ3n) is 1.91. The predicted octanol–water partition coefficient (Wildman–Crippen LogP) is 0.557. The highest BCUT2D eigenvalue weighted by atomic mass is 32.2. The molecule has 2 N–H and O–H groups in total. The summed E-state index contributed by atoms with van der Waals surface area (Å²) in [5.74, 6) is 0.510. The number of benzene rings is 1. The van der Waals surface area contributed by atoms with Crippen LogP contribution >= 0.6 is 0 Å². The number of hydrogen-bond donors (Lipinski definition) is 1. The van der Waals surface area contributed by atoms with Gasteiger partial charge in [0.1, 0.15) is 5.75 Å². The van der Waals surface area contributed by atoms with Gasteiger partial charge in [-0.1, -0.05) is 6.07 Å². The van der Waals surface area contributed by atoms with Crippen molar-refractivity contribution in [1.29, 1.82) is 0 Å². The minimum atomic E-state index is -3.18. The van der Waals surface area contributed by atoms with E-state index in [1.54, 1.807) is 6.07 Å². The van der Waals surface area contributed by atoms with Crippen LogP contribution in [0, 0.1) is 0 Å². The van der Waals surface area contributed by atoms with Crippen LogP contribution in [0.15, 0.2) is 23.1 Å². The summed E-state index contributed by atoms with van der Waals surface area (Å²) in [6, 6.07) is 4.67. The smallest absolute Gasteiger partial charge is 0.175 e. The molecule has 0 unspecified atom stereocenters. The Morgan fingerprint density at radius 2 is 2.07 bits per heavy atom. The molecule has 0 saturated carbocycles. The van der Waals surface area contributed by atoms with Crippen molar-refractivity contribution in [1.82, 2.24) is 0 Å². The standard InChI is InChI=1S/C9H13NO3S/c1-13-9-5-8(14(2,11)12)4-3-7(9)6-10/h3-5H,6,10H2,1-2H3. The maximum atomic E-state index is 11.2. The average molecular weight is 215 g/mol. The molecule has 0 spiro atoms. The summed E-state index contributed by atoms with van der Waals surface area (Å²) in [4.78, 5) is 0.242. The molecule has 0 bridgehead atoms. The van der Waals surface area contributed by atoms with E-state index in [9.17, 15) is 8.42 Å². The van der Waals surface area contributed by atoms with E-state index in [0.717, 1.165) is 11.8 Å². The SMILES string of the molecule is COc1cc(S(C)(=O)=O)ccc1CN.